The first kappa shape index (κ1) is 15.1. The summed E-state index contributed by atoms with van der Waals surface area (Å²) in [4.78, 5) is 4.84. The lowest BCUT2D eigenvalue weighted by Crippen LogP contribution is -2.45. The first-order valence-electron chi connectivity index (χ1n) is 7.91. The summed E-state index contributed by atoms with van der Waals surface area (Å²) in [5.74, 6) is 0.940. The van der Waals surface area contributed by atoms with Gasteiger partial charge in [0.05, 0.1) is 0 Å². The van der Waals surface area contributed by atoms with Crippen LogP contribution in [0.25, 0.3) is 11.1 Å². The topological polar surface area (TPSA) is 15.7 Å². The van der Waals surface area contributed by atoms with E-state index in [4.69, 9.17) is 4.74 Å². The molecule has 1 aliphatic heterocycles. The van der Waals surface area contributed by atoms with E-state index in [1.54, 1.807) is 0 Å². The van der Waals surface area contributed by atoms with Crippen LogP contribution in [0.1, 0.15) is 0 Å². The van der Waals surface area contributed by atoms with Crippen molar-refractivity contribution in [1.29, 1.82) is 0 Å². The number of rotatable bonds is 5. The van der Waals surface area contributed by atoms with Crippen molar-refractivity contribution in [2.75, 3.05) is 46.4 Å². The molecule has 0 N–H and O–H groups in total. The lowest BCUT2D eigenvalue weighted by Gasteiger charge is -2.32. The molecular weight excluding hydrogens is 272 g/mol. The Morgan fingerprint density at radius 1 is 1.05 bits per heavy atom. The summed E-state index contributed by atoms with van der Waals surface area (Å²) in [6.07, 6.45) is 0. The van der Waals surface area contributed by atoms with Crippen LogP contribution >= 0.6 is 0 Å². The second kappa shape index (κ2) is 7.43. The van der Waals surface area contributed by atoms with Gasteiger partial charge in [-0.25, -0.2) is 0 Å². The highest BCUT2D eigenvalue weighted by Crippen LogP contribution is 2.23. The first-order chi connectivity index (χ1) is 10.8. The molecule has 0 aromatic heterocycles. The number of ether oxygens (including phenoxy) is 1. The van der Waals surface area contributed by atoms with Crippen LogP contribution in [0, 0.1) is 6.07 Å². The normalized spacial score (nSPS) is 16.6. The standard InChI is InChI=1S/C19H23N2O/c1-20-10-12-21(13-11-20)14-15-22-19-9-5-8-18(16-19)17-6-3-2-4-7-17/h2-3,5-9,16H,10-15H2,1H3. The molecule has 3 nitrogen and oxygen atoms in total. The Bertz CT molecular complexity index is 577. The molecule has 1 heterocycles. The molecule has 1 aliphatic rings. The van der Waals surface area contributed by atoms with Crippen LogP contribution in [-0.4, -0.2) is 56.2 Å². The van der Waals surface area contributed by atoms with Gasteiger partial charge in [-0.05, 0) is 42.4 Å². The molecule has 0 amide bonds. The molecule has 0 spiro atoms. The number of benzene rings is 2. The minimum Gasteiger partial charge on any atom is -0.492 e. The molecule has 0 bridgehead atoms. The summed E-state index contributed by atoms with van der Waals surface area (Å²) >= 11 is 0. The van der Waals surface area contributed by atoms with Gasteiger partial charge in [0.1, 0.15) is 12.4 Å². The smallest absolute Gasteiger partial charge is 0.119 e. The second-order valence-corrected chi connectivity index (χ2v) is 5.81. The Hall–Kier alpha value is -1.84. The fourth-order valence-corrected chi connectivity index (χ4v) is 2.70. The number of hydrogen-bond acceptors (Lipinski definition) is 3. The van der Waals surface area contributed by atoms with Crippen LogP contribution in [0.5, 0.6) is 5.75 Å². The van der Waals surface area contributed by atoms with Crippen LogP contribution in [0.15, 0.2) is 48.5 Å². The summed E-state index contributed by atoms with van der Waals surface area (Å²) in [5, 5.41) is 0. The molecule has 1 radical (unpaired) electrons. The molecular formula is C19H23N2O. The summed E-state index contributed by atoms with van der Waals surface area (Å²) in [5.41, 5.74) is 2.35. The van der Waals surface area contributed by atoms with Crippen molar-refractivity contribution in [3.05, 3.63) is 54.6 Å². The van der Waals surface area contributed by atoms with Gasteiger partial charge in [-0.2, -0.15) is 0 Å². The van der Waals surface area contributed by atoms with Gasteiger partial charge in [-0.15, -0.1) is 0 Å². The fraction of sp³-hybridized carbons (Fsp3) is 0.368. The molecule has 3 rings (SSSR count). The second-order valence-electron chi connectivity index (χ2n) is 5.81. The van der Waals surface area contributed by atoms with Crippen molar-refractivity contribution in [3.8, 4) is 16.9 Å². The van der Waals surface area contributed by atoms with E-state index in [9.17, 15) is 0 Å². The Kier molecular flexibility index (Phi) is 5.09. The van der Waals surface area contributed by atoms with E-state index in [0.29, 0.717) is 0 Å². The van der Waals surface area contributed by atoms with Crippen molar-refractivity contribution in [2.45, 2.75) is 0 Å². The monoisotopic (exact) mass is 295 g/mol. The van der Waals surface area contributed by atoms with E-state index < -0.39 is 0 Å². The highest BCUT2D eigenvalue weighted by Gasteiger charge is 2.13. The predicted octanol–water partition coefficient (Wildman–Crippen LogP) is 2.78. The predicted molar refractivity (Wildman–Crippen MR) is 90.1 cm³/mol. The minimum absolute atomic E-state index is 0.744. The van der Waals surface area contributed by atoms with Gasteiger partial charge in [0, 0.05) is 32.7 Å². The molecule has 0 saturated carbocycles. The molecule has 1 saturated heterocycles. The fourth-order valence-electron chi connectivity index (χ4n) is 2.70. The molecule has 115 valence electrons. The van der Waals surface area contributed by atoms with Crippen LogP contribution in [0.4, 0.5) is 0 Å². The van der Waals surface area contributed by atoms with Gasteiger partial charge in [0.2, 0.25) is 0 Å². The van der Waals surface area contributed by atoms with Crippen molar-refractivity contribution < 1.29 is 4.74 Å². The molecule has 1 fully saturated rings. The quantitative estimate of drug-likeness (QED) is 0.843. The maximum absolute atomic E-state index is 5.93. The van der Waals surface area contributed by atoms with Crippen LogP contribution in [-0.2, 0) is 0 Å². The van der Waals surface area contributed by atoms with Gasteiger partial charge in [-0.3, -0.25) is 4.90 Å². The molecule has 3 heteroatoms. The average molecular weight is 295 g/mol. The Labute approximate surface area is 133 Å². The van der Waals surface area contributed by atoms with E-state index in [1.807, 2.05) is 30.3 Å². The Morgan fingerprint density at radius 3 is 2.64 bits per heavy atom. The highest BCUT2D eigenvalue weighted by molar-refractivity contribution is 5.64. The number of piperazine rings is 1. The van der Waals surface area contributed by atoms with Gasteiger partial charge in [-0.1, -0.05) is 30.3 Å². The van der Waals surface area contributed by atoms with Crippen LogP contribution in [0.3, 0.4) is 0 Å². The summed E-state index contributed by atoms with van der Waals surface area (Å²) in [6, 6.07) is 19.4. The van der Waals surface area contributed by atoms with E-state index in [0.717, 1.165) is 45.1 Å². The molecule has 2 aromatic carbocycles. The minimum atomic E-state index is 0.744. The van der Waals surface area contributed by atoms with E-state index in [2.05, 4.69) is 41.1 Å². The molecule has 22 heavy (non-hydrogen) atoms. The van der Waals surface area contributed by atoms with Crippen molar-refractivity contribution >= 4 is 0 Å². The maximum atomic E-state index is 5.93. The number of nitrogens with zero attached hydrogens (tertiary/aromatic N) is 2. The zero-order chi connectivity index (χ0) is 15.2. The van der Waals surface area contributed by atoms with Crippen LogP contribution in [0.2, 0.25) is 0 Å². The molecule has 0 aliphatic carbocycles. The third-order valence-corrected chi connectivity index (χ3v) is 4.15. The summed E-state index contributed by atoms with van der Waals surface area (Å²) < 4.78 is 5.93. The van der Waals surface area contributed by atoms with Crippen LogP contribution < -0.4 is 4.74 Å². The van der Waals surface area contributed by atoms with E-state index in [-0.39, 0.29) is 0 Å². The molecule has 0 unspecified atom stereocenters. The number of likely N-dealkylation sites (N-methyl/N-ethyl adjacent to an activating group) is 1. The SMILES string of the molecule is CN1CCN(CCOc2cccc(-c3c[c]ccc3)c2)CC1. The zero-order valence-corrected chi connectivity index (χ0v) is 13.2. The first-order valence-corrected chi connectivity index (χ1v) is 7.91. The van der Waals surface area contributed by atoms with Crippen molar-refractivity contribution in [2.24, 2.45) is 0 Å². The van der Waals surface area contributed by atoms with E-state index in [1.165, 1.54) is 11.1 Å². The zero-order valence-electron chi connectivity index (χ0n) is 13.2. The third kappa shape index (κ3) is 4.09. The van der Waals surface area contributed by atoms with Crippen molar-refractivity contribution in [3.63, 3.8) is 0 Å². The Balaban J connectivity index is 1.53. The average Bonchev–Trinajstić information content (AvgIpc) is 2.58. The maximum Gasteiger partial charge on any atom is 0.119 e. The van der Waals surface area contributed by atoms with Crippen molar-refractivity contribution in [1.82, 2.24) is 9.80 Å². The third-order valence-electron chi connectivity index (χ3n) is 4.15. The largest absolute Gasteiger partial charge is 0.492 e. The van der Waals surface area contributed by atoms with Gasteiger partial charge in [0.25, 0.3) is 0 Å². The summed E-state index contributed by atoms with van der Waals surface area (Å²) in [6.45, 7) is 6.32. The lowest BCUT2D eigenvalue weighted by molar-refractivity contribution is 0.134. The summed E-state index contributed by atoms with van der Waals surface area (Å²) in [7, 11) is 2.18. The van der Waals surface area contributed by atoms with Gasteiger partial charge < -0.3 is 9.64 Å². The Morgan fingerprint density at radius 2 is 1.86 bits per heavy atom. The van der Waals surface area contributed by atoms with Gasteiger partial charge >= 0.3 is 0 Å². The number of hydrogen-bond donors (Lipinski definition) is 0. The highest BCUT2D eigenvalue weighted by atomic mass is 16.5. The molecule has 0 atom stereocenters. The lowest BCUT2D eigenvalue weighted by atomic mass is 10.1. The van der Waals surface area contributed by atoms with E-state index >= 15 is 0 Å². The van der Waals surface area contributed by atoms with Gasteiger partial charge in [0.15, 0.2) is 0 Å². The molecule has 2 aromatic rings.